The molecule has 0 amide bonds. The first-order valence-corrected chi connectivity index (χ1v) is 8.66. The Morgan fingerprint density at radius 3 is 2.09 bits per heavy atom. The monoisotopic (exact) mass is 308 g/mol. The zero-order valence-corrected chi connectivity index (χ0v) is 13.4. The van der Waals surface area contributed by atoms with Crippen LogP contribution in [0.2, 0.25) is 0 Å². The molecule has 0 radical (unpaired) electrons. The number of hydrogen-bond acceptors (Lipinski definition) is 4. The summed E-state index contributed by atoms with van der Waals surface area (Å²) in [4.78, 5) is 22.9. The number of ether oxygens (including phenoxy) is 2. The molecule has 0 aromatic rings. The SMILES string of the molecule is C=CC(=O)OCCOC(=O)C1CCC(C2CCCCC2)CC1. The molecule has 0 spiro atoms. The molecule has 0 aromatic carbocycles. The van der Waals surface area contributed by atoms with Crippen molar-refractivity contribution in [3.63, 3.8) is 0 Å². The highest BCUT2D eigenvalue weighted by Gasteiger charge is 2.31. The molecule has 22 heavy (non-hydrogen) atoms. The van der Waals surface area contributed by atoms with Crippen molar-refractivity contribution in [1.82, 2.24) is 0 Å². The summed E-state index contributed by atoms with van der Waals surface area (Å²) in [6.45, 7) is 3.56. The Labute approximate surface area is 133 Å². The molecule has 0 saturated heterocycles. The van der Waals surface area contributed by atoms with E-state index in [2.05, 4.69) is 6.58 Å². The molecule has 4 heteroatoms. The predicted octanol–water partition coefficient (Wildman–Crippen LogP) is 3.65. The summed E-state index contributed by atoms with van der Waals surface area (Å²) in [6, 6.07) is 0. The van der Waals surface area contributed by atoms with E-state index in [0.717, 1.165) is 43.6 Å². The fourth-order valence-corrected chi connectivity index (χ4v) is 3.89. The van der Waals surface area contributed by atoms with Gasteiger partial charge in [-0.3, -0.25) is 4.79 Å². The molecule has 0 N–H and O–H groups in total. The minimum absolute atomic E-state index is 0.0370. The third-order valence-corrected chi connectivity index (χ3v) is 5.16. The molecule has 0 atom stereocenters. The van der Waals surface area contributed by atoms with Crippen LogP contribution in [-0.4, -0.2) is 25.2 Å². The maximum absolute atomic E-state index is 12.0. The number of carbonyl (C=O) groups excluding carboxylic acids is 2. The van der Waals surface area contributed by atoms with Gasteiger partial charge in [0.05, 0.1) is 5.92 Å². The molecule has 0 heterocycles. The molecule has 4 nitrogen and oxygen atoms in total. The van der Waals surface area contributed by atoms with Crippen LogP contribution in [0.4, 0.5) is 0 Å². The predicted molar refractivity (Wildman–Crippen MR) is 84.1 cm³/mol. The maximum Gasteiger partial charge on any atom is 0.330 e. The molecular formula is C18H28O4. The topological polar surface area (TPSA) is 52.6 Å². The van der Waals surface area contributed by atoms with E-state index in [1.165, 1.54) is 32.1 Å². The van der Waals surface area contributed by atoms with Crippen LogP contribution in [0, 0.1) is 17.8 Å². The van der Waals surface area contributed by atoms with Crippen molar-refractivity contribution < 1.29 is 19.1 Å². The summed E-state index contributed by atoms with van der Waals surface area (Å²) in [6.07, 6.45) is 12.3. The number of hydrogen-bond donors (Lipinski definition) is 0. The molecule has 2 aliphatic carbocycles. The van der Waals surface area contributed by atoms with Gasteiger partial charge in [-0.05, 0) is 37.5 Å². The molecule has 2 fully saturated rings. The van der Waals surface area contributed by atoms with Crippen LogP contribution in [0.3, 0.4) is 0 Å². The maximum atomic E-state index is 12.0. The third kappa shape index (κ3) is 5.15. The fourth-order valence-electron chi connectivity index (χ4n) is 3.89. The summed E-state index contributed by atoms with van der Waals surface area (Å²) in [5, 5.41) is 0. The summed E-state index contributed by atoms with van der Waals surface area (Å²) >= 11 is 0. The zero-order chi connectivity index (χ0) is 15.8. The van der Waals surface area contributed by atoms with Gasteiger partial charge in [-0.1, -0.05) is 38.7 Å². The number of esters is 2. The van der Waals surface area contributed by atoms with Crippen molar-refractivity contribution in [2.24, 2.45) is 17.8 Å². The van der Waals surface area contributed by atoms with E-state index in [1.54, 1.807) is 0 Å². The largest absolute Gasteiger partial charge is 0.462 e. The van der Waals surface area contributed by atoms with Crippen LogP contribution < -0.4 is 0 Å². The van der Waals surface area contributed by atoms with E-state index < -0.39 is 5.97 Å². The van der Waals surface area contributed by atoms with Gasteiger partial charge in [0.15, 0.2) is 0 Å². The highest BCUT2D eigenvalue weighted by atomic mass is 16.6. The second kappa shape index (κ2) is 8.96. The highest BCUT2D eigenvalue weighted by molar-refractivity contribution is 5.81. The van der Waals surface area contributed by atoms with Gasteiger partial charge in [0.1, 0.15) is 13.2 Å². The quantitative estimate of drug-likeness (QED) is 0.427. The van der Waals surface area contributed by atoms with Crippen molar-refractivity contribution in [1.29, 1.82) is 0 Å². The Balaban J connectivity index is 1.62. The van der Waals surface area contributed by atoms with Crippen molar-refractivity contribution >= 4 is 11.9 Å². The second-order valence-corrected chi connectivity index (χ2v) is 6.55. The lowest BCUT2D eigenvalue weighted by atomic mass is 9.71. The van der Waals surface area contributed by atoms with Crippen molar-refractivity contribution in [3.05, 3.63) is 12.7 Å². The first kappa shape index (κ1) is 17.0. The number of rotatable bonds is 6. The van der Waals surface area contributed by atoms with Crippen LogP contribution in [0.1, 0.15) is 57.8 Å². The molecule has 124 valence electrons. The minimum atomic E-state index is -0.482. The van der Waals surface area contributed by atoms with E-state index in [4.69, 9.17) is 9.47 Å². The van der Waals surface area contributed by atoms with Gasteiger partial charge in [-0.15, -0.1) is 0 Å². The Hall–Kier alpha value is -1.32. The van der Waals surface area contributed by atoms with Gasteiger partial charge in [0.2, 0.25) is 0 Å². The first-order chi connectivity index (χ1) is 10.7. The van der Waals surface area contributed by atoms with Crippen molar-refractivity contribution in [3.8, 4) is 0 Å². The lowest BCUT2D eigenvalue weighted by Crippen LogP contribution is -2.28. The van der Waals surface area contributed by atoms with Crippen LogP contribution in [-0.2, 0) is 19.1 Å². The Morgan fingerprint density at radius 1 is 0.864 bits per heavy atom. The van der Waals surface area contributed by atoms with Crippen LogP contribution in [0.5, 0.6) is 0 Å². The van der Waals surface area contributed by atoms with Crippen molar-refractivity contribution in [2.45, 2.75) is 57.8 Å². The van der Waals surface area contributed by atoms with Gasteiger partial charge in [-0.2, -0.15) is 0 Å². The van der Waals surface area contributed by atoms with Crippen LogP contribution in [0.15, 0.2) is 12.7 Å². The molecule has 0 bridgehead atoms. The Bertz CT molecular complexity index is 377. The summed E-state index contributed by atoms with van der Waals surface area (Å²) < 4.78 is 10.00. The molecule has 0 aromatic heterocycles. The molecule has 0 unspecified atom stereocenters. The van der Waals surface area contributed by atoms with Crippen LogP contribution >= 0.6 is 0 Å². The minimum Gasteiger partial charge on any atom is -0.462 e. The average Bonchev–Trinajstić information content (AvgIpc) is 2.59. The van der Waals surface area contributed by atoms with Gasteiger partial charge in [-0.25, -0.2) is 4.79 Å². The van der Waals surface area contributed by atoms with E-state index in [0.29, 0.717) is 0 Å². The summed E-state index contributed by atoms with van der Waals surface area (Å²) in [5.41, 5.74) is 0. The van der Waals surface area contributed by atoms with Gasteiger partial charge < -0.3 is 9.47 Å². The van der Waals surface area contributed by atoms with Crippen molar-refractivity contribution in [2.75, 3.05) is 13.2 Å². The summed E-state index contributed by atoms with van der Waals surface area (Å²) in [7, 11) is 0. The third-order valence-electron chi connectivity index (χ3n) is 5.16. The van der Waals surface area contributed by atoms with E-state index in [1.807, 2.05) is 0 Å². The molecular weight excluding hydrogens is 280 g/mol. The summed E-state index contributed by atoms with van der Waals surface area (Å²) in [5.74, 6) is 1.14. The normalized spacial score (nSPS) is 26.2. The highest BCUT2D eigenvalue weighted by Crippen LogP contribution is 2.40. The fraction of sp³-hybridized carbons (Fsp3) is 0.778. The molecule has 2 aliphatic rings. The van der Waals surface area contributed by atoms with Gasteiger partial charge in [0.25, 0.3) is 0 Å². The zero-order valence-electron chi connectivity index (χ0n) is 13.4. The molecule has 2 rings (SSSR count). The standard InChI is InChI=1S/C18H28O4/c1-2-17(19)21-12-13-22-18(20)16-10-8-15(9-11-16)14-6-4-3-5-7-14/h2,14-16H,1,3-13H2. The smallest absolute Gasteiger partial charge is 0.330 e. The molecule has 0 aliphatic heterocycles. The van der Waals surface area contributed by atoms with Gasteiger partial charge >= 0.3 is 11.9 Å². The van der Waals surface area contributed by atoms with E-state index in [9.17, 15) is 9.59 Å². The lowest BCUT2D eigenvalue weighted by Gasteiger charge is -2.35. The molecule has 2 saturated carbocycles. The second-order valence-electron chi connectivity index (χ2n) is 6.55. The Morgan fingerprint density at radius 2 is 1.45 bits per heavy atom. The number of carbonyl (C=O) groups is 2. The Kier molecular flexibility index (Phi) is 6.94. The average molecular weight is 308 g/mol. The first-order valence-electron chi connectivity index (χ1n) is 8.66. The van der Waals surface area contributed by atoms with E-state index in [-0.39, 0.29) is 25.1 Å². The lowest BCUT2D eigenvalue weighted by molar-refractivity contribution is -0.154. The van der Waals surface area contributed by atoms with E-state index >= 15 is 0 Å². The van der Waals surface area contributed by atoms with Gasteiger partial charge in [0, 0.05) is 6.08 Å². The van der Waals surface area contributed by atoms with Crippen LogP contribution in [0.25, 0.3) is 0 Å².